The summed E-state index contributed by atoms with van der Waals surface area (Å²) >= 11 is 1.73. The Labute approximate surface area is 160 Å². The van der Waals surface area contributed by atoms with Crippen molar-refractivity contribution in [1.29, 1.82) is 0 Å². The Morgan fingerprint density at radius 1 is 1.22 bits per heavy atom. The van der Waals surface area contributed by atoms with E-state index in [1.165, 1.54) is 11.4 Å². The fourth-order valence-electron chi connectivity index (χ4n) is 4.12. The lowest BCUT2D eigenvalue weighted by Crippen LogP contribution is -2.31. The third kappa shape index (κ3) is 3.29. The Bertz CT molecular complexity index is 929. The maximum Gasteiger partial charge on any atom is 0.281 e. The van der Waals surface area contributed by atoms with Crippen molar-refractivity contribution < 1.29 is 17.2 Å². The summed E-state index contributed by atoms with van der Waals surface area (Å²) in [7, 11) is -0.679. The summed E-state index contributed by atoms with van der Waals surface area (Å²) in [6.45, 7) is 0.754. The van der Waals surface area contributed by atoms with Crippen molar-refractivity contribution in [1.82, 2.24) is 23.6 Å². The van der Waals surface area contributed by atoms with Crippen molar-refractivity contribution in [3.8, 4) is 0 Å². The standard InChI is InChI=1S/C16H21F2N5O2S2/c1-21-4-3-19-16(21)26-12-5-10-8-23(9-11(10)6-12)27(24,25)13-7-20-22(2)14(13)15(17)18/h3-4,7,10-12,15H,5-6,8-9H2,1-2H3/t10-,11+,12?. The summed E-state index contributed by atoms with van der Waals surface area (Å²) in [4.78, 5) is 3.96. The molecule has 2 aliphatic rings. The van der Waals surface area contributed by atoms with E-state index in [0.717, 1.165) is 28.9 Å². The third-order valence-electron chi connectivity index (χ3n) is 5.50. The first-order valence-corrected chi connectivity index (χ1v) is 11.0. The molecule has 1 saturated heterocycles. The first-order chi connectivity index (χ1) is 12.8. The molecule has 27 heavy (non-hydrogen) atoms. The Balaban J connectivity index is 1.46. The molecule has 0 N–H and O–H groups in total. The summed E-state index contributed by atoms with van der Waals surface area (Å²) < 4.78 is 56.6. The quantitative estimate of drug-likeness (QED) is 0.746. The Morgan fingerprint density at radius 2 is 1.89 bits per heavy atom. The molecule has 1 saturated carbocycles. The summed E-state index contributed by atoms with van der Waals surface area (Å²) in [5.41, 5.74) is -0.546. The van der Waals surface area contributed by atoms with Gasteiger partial charge in [-0.15, -0.1) is 0 Å². The van der Waals surface area contributed by atoms with E-state index in [2.05, 4.69) is 10.1 Å². The van der Waals surface area contributed by atoms with Gasteiger partial charge in [-0.25, -0.2) is 22.2 Å². The van der Waals surface area contributed by atoms with Gasteiger partial charge >= 0.3 is 0 Å². The average Bonchev–Trinajstić information content (AvgIpc) is 3.32. The lowest BCUT2D eigenvalue weighted by molar-refractivity contribution is 0.137. The second-order valence-corrected chi connectivity index (χ2v) is 10.4. The van der Waals surface area contributed by atoms with E-state index in [1.807, 2.05) is 17.8 Å². The minimum absolute atomic E-state index is 0.254. The molecule has 3 atom stereocenters. The second kappa shape index (κ2) is 6.85. The van der Waals surface area contributed by atoms with Gasteiger partial charge in [-0.3, -0.25) is 4.68 Å². The van der Waals surface area contributed by atoms with Crippen molar-refractivity contribution in [3.05, 3.63) is 24.3 Å². The molecule has 0 radical (unpaired) electrons. The van der Waals surface area contributed by atoms with E-state index >= 15 is 0 Å². The van der Waals surface area contributed by atoms with Gasteiger partial charge in [-0.1, -0.05) is 11.8 Å². The van der Waals surface area contributed by atoms with Gasteiger partial charge in [-0.2, -0.15) is 9.40 Å². The van der Waals surface area contributed by atoms with E-state index < -0.39 is 22.1 Å². The first kappa shape index (κ1) is 18.9. The number of alkyl halides is 2. The van der Waals surface area contributed by atoms with Crippen LogP contribution >= 0.6 is 11.8 Å². The van der Waals surface area contributed by atoms with Crippen molar-refractivity contribution >= 4 is 21.8 Å². The van der Waals surface area contributed by atoms with Crippen LogP contribution in [0.2, 0.25) is 0 Å². The minimum atomic E-state index is -3.96. The van der Waals surface area contributed by atoms with Crippen LogP contribution in [0.25, 0.3) is 0 Å². The molecule has 2 aromatic heterocycles. The molecule has 3 heterocycles. The highest BCUT2D eigenvalue weighted by Crippen LogP contribution is 2.46. The monoisotopic (exact) mass is 417 g/mol. The van der Waals surface area contributed by atoms with E-state index in [4.69, 9.17) is 0 Å². The second-order valence-electron chi connectivity index (χ2n) is 7.19. The van der Waals surface area contributed by atoms with Crippen LogP contribution in [0.4, 0.5) is 8.78 Å². The number of nitrogens with zero attached hydrogens (tertiary/aromatic N) is 5. The zero-order valence-electron chi connectivity index (χ0n) is 15.0. The zero-order valence-corrected chi connectivity index (χ0v) is 16.6. The van der Waals surface area contributed by atoms with Crippen molar-refractivity contribution in [2.75, 3.05) is 13.1 Å². The van der Waals surface area contributed by atoms with E-state index in [9.17, 15) is 17.2 Å². The van der Waals surface area contributed by atoms with Gasteiger partial charge in [0.2, 0.25) is 10.0 Å². The molecule has 2 aromatic rings. The van der Waals surface area contributed by atoms with Crippen molar-refractivity contribution in [2.45, 2.75) is 34.6 Å². The predicted octanol–water partition coefficient (Wildman–Crippen LogP) is 2.28. The molecule has 0 amide bonds. The number of imidazole rings is 1. The average molecular weight is 418 g/mol. The van der Waals surface area contributed by atoms with Gasteiger partial charge in [-0.05, 0) is 24.7 Å². The maximum atomic E-state index is 13.3. The molecule has 1 aliphatic heterocycles. The van der Waals surface area contributed by atoms with Crippen LogP contribution in [-0.4, -0.2) is 50.4 Å². The van der Waals surface area contributed by atoms with Crippen molar-refractivity contribution in [2.24, 2.45) is 25.9 Å². The lowest BCUT2D eigenvalue weighted by atomic mass is 10.0. The molecule has 0 aromatic carbocycles. The fourth-order valence-corrected chi connectivity index (χ4v) is 7.18. The number of halogens is 2. The van der Waals surface area contributed by atoms with Crippen LogP contribution in [0, 0.1) is 11.8 Å². The molecule has 1 unspecified atom stereocenters. The van der Waals surface area contributed by atoms with Gasteiger partial charge in [0.15, 0.2) is 5.16 Å². The third-order valence-corrected chi connectivity index (χ3v) is 8.67. The van der Waals surface area contributed by atoms with Gasteiger partial charge in [0, 0.05) is 44.8 Å². The fraction of sp³-hybridized carbons (Fsp3) is 0.625. The molecule has 11 heteroatoms. The van der Waals surface area contributed by atoms with E-state index in [0.29, 0.717) is 18.3 Å². The highest BCUT2D eigenvalue weighted by Gasteiger charge is 2.46. The molecule has 1 aliphatic carbocycles. The number of sulfonamides is 1. The topological polar surface area (TPSA) is 73.0 Å². The Hall–Kier alpha value is -1.46. The van der Waals surface area contributed by atoms with E-state index in [1.54, 1.807) is 18.0 Å². The molecule has 148 valence electrons. The van der Waals surface area contributed by atoms with E-state index in [-0.39, 0.29) is 16.7 Å². The number of hydrogen-bond acceptors (Lipinski definition) is 5. The van der Waals surface area contributed by atoms with Gasteiger partial charge in [0.05, 0.1) is 6.20 Å². The largest absolute Gasteiger partial charge is 0.329 e. The number of rotatable bonds is 5. The molecule has 0 bridgehead atoms. The number of fused-ring (bicyclic) bond motifs is 1. The van der Waals surface area contributed by atoms with Gasteiger partial charge < -0.3 is 4.57 Å². The zero-order chi connectivity index (χ0) is 19.3. The molecule has 0 spiro atoms. The molecule has 2 fully saturated rings. The van der Waals surface area contributed by atoms with Crippen LogP contribution in [-0.2, 0) is 24.1 Å². The molecule has 7 nitrogen and oxygen atoms in total. The molecular weight excluding hydrogens is 396 g/mol. The first-order valence-electron chi connectivity index (χ1n) is 8.71. The van der Waals surface area contributed by atoms with Crippen LogP contribution in [0.3, 0.4) is 0 Å². The smallest absolute Gasteiger partial charge is 0.281 e. The molecular formula is C16H21F2N5O2S2. The summed E-state index contributed by atoms with van der Waals surface area (Å²) in [5, 5.41) is 5.09. The highest BCUT2D eigenvalue weighted by molar-refractivity contribution is 7.99. The van der Waals surface area contributed by atoms with Crippen LogP contribution in [0.5, 0.6) is 0 Å². The Morgan fingerprint density at radius 3 is 2.44 bits per heavy atom. The van der Waals surface area contributed by atoms with Gasteiger partial charge in [0.1, 0.15) is 10.6 Å². The maximum absolute atomic E-state index is 13.3. The Kier molecular flexibility index (Phi) is 4.79. The predicted molar refractivity (Wildman–Crippen MR) is 96.0 cm³/mol. The number of thioether (sulfide) groups is 1. The summed E-state index contributed by atoms with van der Waals surface area (Å²) in [5.74, 6) is 0.508. The molecule has 4 rings (SSSR count). The van der Waals surface area contributed by atoms with Gasteiger partial charge in [0.25, 0.3) is 6.43 Å². The highest BCUT2D eigenvalue weighted by atomic mass is 32.2. The summed E-state index contributed by atoms with van der Waals surface area (Å²) in [6, 6.07) is 0. The summed E-state index contributed by atoms with van der Waals surface area (Å²) in [6.07, 6.45) is 3.63. The lowest BCUT2D eigenvalue weighted by Gasteiger charge is -2.19. The number of hydrogen-bond donors (Lipinski definition) is 0. The minimum Gasteiger partial charge on any atom is -0.329 e. The van der Waals surface area contributed by atoms with Crippen LogP contribution in [0.1, 0.15) is 25.0 Å². The van der Waals surface area contributed by atoms with Crippen LogP contribution in [0.15, 0.2) is 28.6 Å². The number of aromatic nitrogens is 4. The number of aryl methyl sites for hydroxylation is 2. The van der Waals surface area contributed by atoms with Crippen LogP contribution < -0.4 is 0 Å². The van der Waals surface area contributed by atoms with Crippen molar-refractivity contribution in [3.63, 3.8) is 0 Å². The SMILES string of the molecule is Cn1ccnc1SC1C[C@@H]2CN(S(=O)(=O)c3cnn(C)c3C(F)F)C[C@@H]2C1. The normalized spacial score (nSPS) is 26.2.